The van der Waals surface area contributed by atoms with Crippen molar-refractivity contribution in [2.45, 2.75) is 40.3 Å². The number of Topliss-reactive ketones (excluding diaryl/α,β-unsaturated/α-hetero) is 1. The second-order valence-corrected chi connectivity index (χ2v) is 3.95. The van der Waals surface area contributed by atoms with Crippen LogP contribution >= 0.6 is 0 Å². The summed E-state index contributed by atoms with van der Waals surface area (Å²) in [7, 11) is 0. The zero-order chi connectivity index (χ0) is 12.3. The number of rotatable bonds is 4. The molecule has 1 aromatic rings. The fraction of sp³-hybridized carbons (Fsp3) is 0.500. The summed E-state index contributed by atoms with van der Waals surface area (Å²) in [5.74, 6) is -0.0485. The molecule has 1 rings (SSSR count). The van der Waals surface area contributed by atoms with E-state index in [0.717, 1.165) is 11.3 Å². The summed E-state index contributed by atoms with van der Waals surface area (Å²) < 4.78 is 1.68. The van der Waals surface area contributed by atoms with Gasteiger partial charge in [-0.15, -0.1) is 0 Å². The maximum Gasteiger partial charge on any atom is 0.180 e. The molecule has 0 saturated carbocycles. The van der Waals surface area contributed by atoms with Gasteiger partial charge in [0.15, 0.2) is 5.78 Å². The van der Waals surface area contributed by atoms with Crippen molar-refractivity contribution >= 4 is 11.9 Å². The molecule has 1 atom stereocenters. The number of aromatic nitrogens is 2. The molecule has 0 aliphatic heterocycles. The largest absolute Gasteiger partial charge is 0.391 e. The Balaban J connectivity index is 3.25. The van der Waals surface area contributed by atoms with E-state index in [1.54, 1.807) is 11.6 Å². The highest BCUT2D eigenvalue weighted by Gasteiger charge is 2.16. The molecular formula is C12H18N2O2. The van der Waals surface area contributed by atoms with Crippen molar-refractivity contribution in [2.75, 3.05) is 0 Å². The van der Waals surface area contributed by atoms with Crippen molar-refractivity contribution in [1.82, 2.24) is 9.78 Å². The third-order valence-corrected chi connectivity index (χ3v) is 2.33. The first-order valence-corrected chi connectivity index (χ1v) is 5.36. The molecule has 0 aliphatic rings. The van der Waals surface area contributed by atoms with Crippen molar-refractivity contribution in [1.29, 1.82) is 0 Å². The van der Waals surface area contributed by atoms with Crippen LogP contribution in [0.25, 0.3) is 6.08 Å². The van der Waals surface area contributed by atoms with Gasteiger partial charge in [-0.1, -0.05) is 6.08 Å². The minimum Gasteiger partial charge on any atom is -0.391 e. The Morgan fingerprint density at radius 3 is 2.69 bits per heavy atom. The summed E-state index contributed by atoms with van der Waals surface area (Å²) in [6.07, 6.45) is 3.31. The molecule has 4 heteroatoms. The lowest BCUT2D eigenvalue weighted by Gasteiger charge is -2.06. The van der Waals surface area contributed by atoms with E-state index in [9.17, 15) is 9.90 Å². The summed E-state index contributed by atoms with van der Waals surface area (Å²) in [5, 5.41) is 13.6. The summed E-state index contributed by atoms with van der Waals surface area (Å²) >= 11 is 0. The van der Waals surface area contributed by atoms with Crippen molar-refractivity contribution in [3.05, 3.63) is 23.0 Å². The molecule has 1 N–H and O–H groups in total. The van der Waals surface area contributed by atoms with Crippen LogP contribution in [-0.4, -0.2) is 26.8 Å². The fourth-order valence-electron chi connectivity index (χ4n) is 1.66. The van der Waals surface area contributed by atoms with Crippen LogP contribution in [0.2, 0.25) is 0 Å². The number of hydrogen-bond donors (Lipinski definition) is 1. The molecule has 0 aromatic carbocycles. The molecule has 0 fully saturated rings. The summed E-state index contributed by atoms with van der Waals surface area (Å²) in [6, 6.07) is 0. The molecule has 1 heterocycles. The average Bonchev–Trinajstić information content (AvgIpc) is 2.46. The number of ketones is 1. The average molecular weight is 222 g/mol. The highest BCUT2D eigenvalue weighted by atomic mass is 16.3. The molecule has 0 radical (unpaired) electrons. The maximum atomic E-state index is 11.4. The van der Waals surface area contributed by atoms with E-state index in [1.807, 2.05) is 26.0 Å². The monoisotopic (exact) mass is 222 g/mol. The fourth-order valence-corrected chi connectivity index (χ4v) is 1.66. The Kier molecular flexibility index (Phi) is 4.01. The van der Waals surface area contributed by atoms with Gasteiger partial charge < -0.3 is 5.11 Å². The summed E-state index contributed by atoms with van der Waals surface area (Å²) in [6.45, 7) is 7.38. The van der Waals surface area contributed by atoms with Crippen molar-refractivity contribution < 1.29 is 9.90 Å². The molecule has 16 heavy (non-hydrogen) atoms. The smallest absolute Gasteiger partial charge is 0.180 e. The predicted octanol–water partition coefficient (Wildman–Crippen LogP) is 1.81. The Bertz CT molecular complexity index is 417. The van der Waals surface area contributed by atoms with E-state index in [2.05, 4.69) is 5.10 Å². The standard InChI is InChI=1S/C12H18N2O2/c1-5-6-11-9(3)12(10(4)16)13-14(11)7-8(2)15/h5-6,8,15H,7H2,1-4H3/b6-5-. The molecule has 0 amide bonds. The normalized spacial score (nSPS) is 13.3. The van der Waals surface area contributed by atoms with Gasteiger partial charge in [-0.25, -0.2) is 0 Å². The number of nitrogens with zero attached hydrogens (tertiary/aromatic N) is 2. The van der Waals surface area contributed by atoms with E-state index in [1.165, 1.54) is 6.92 Å². The highest BCUT2D eigenvalue weighted by molar-refractivity contribution is 5.94. The van der Waals surface area contributed by atoms with E-state index >= 15 is 0 Å². The van der Waals surface area contributed by atoms with Crippen LogP contribution in [-0.2, 0) is 6.54 Å². The number of aliphatic hydroxyl groups is 1. The van der Waals surface area contributed by atoms with Gasteiger partial charge in [0, 0.05) is 12.5 Å². The molecule has 0 bridgehead atoms. The number of aliphatic hydroxyl groups excluding tert-OH is 1. The predicted molar refractivity (Wildman–Crippen MR) is 63.4 cm³/mol. The Hall–Kier alpha value is -1.42. The molecule has 1 aromatic heterocycles. The van der Waals surface area contributed by atoms with Gasteiger partial charge in [0.2, 0.25) is 0 Å². The molecule has 4 nitrogen and oxygen atoms in total. The Morgan fingerprint density at radius 2 is 2.25 bits per heavy atom. The zero-order valence-electron chi connectivity index (χ0n) is 10.2. The van der Waals surface area contributed by atoms with Gasteiger partial charge in [0.25, 0.3) is 0 Å². The second-order valence-electron chi connectivity index (χ2n) is 3.95. The van der Waals surface area contributed by atoms with Gasteiger partial charge in [-0.3, -0.25) is 9.48 Å². The van der Waals surface area contributed by atoms with Crippen LogP contribution < -0.4 is 0 Å². The summed E-state index contributed by atoms with van der Waals surface area (Å²) in [5.41, 5.74) is 2.23. The minimum atomic E-state index is -0.483. The topological polar surface area (TPSA) is 55.1 Å². The lowest BCUT2D eigenvalue weighted by Crippen LogP contribution is -2.14. The minimum absolute atomic E-state index is 0.0485. The van der Waals surface area contributed by atoms with Crippen LogP contribution in [0.4, 0.5) is 0 Å². The lowest BCUT2D eigenvalue weighted by molar-refractivity contribution is 0.101. The number of allylic oxidation sites excluding steroid dienone is 1. The van der Waals surface area contributed by atoms with Gasteiger partial charge in [-0.05, 0) is 26.8 Å². The van der Waals surface area contributed by atoms with Crippen molar-refractivity contribution in [3.63, 3.8) is 0 Å². The van der Waals surface area contributed by atoms with Gasteiger partial charge in [0.05, 0.1) is 18.3 Å². The SMILES string of the molecule is C/C=C\c1c(C)c(C(C)=O)nn1CC(C)O. The van der Waals surface area contributed by atoms with Crippen LogP contribution in [0.3, 0.4) is 0 Å². The van der Waals surface area contributed by atoms with E-state index < -0.39 is 6.10 Å². The highest BCUT2D eigenvalue weighted by Crippen LogP contribution is 2.16. The van der Waals surface area contributed by atoms with Crippen LogP contribution in [0.1, 0.15) is 42.5 Å². The molecule has 88 valence electrons. The number of carbonyl (C=O) groups is 1. The van der Waals surface area contributed by atoms with Crippen LogP contribution in [0.5, 0.6) is 0 Å². The van der Waals surface area contributed by atoms with Crippen molar-refractivity contribution in [3.8, 4) is 0 Å². The third kappa shape index (κ3) is 2.58. The number of hydrogen-bond acceptors (Lipinski definition) is 3. The van der Waals surface area contributed by atoms with Gasteiger partial charge >= 0.3 is 0 Å². The summed E-state index contributed by atoms with van der Waals surface area (Å²) in [4.78, 5) is 11.4. The van der Waals surface area contributed by atoms with Gasteiger partial charge in [0.1, 0.15) is 5.69 Å². The zero-order valence-corrected chi connectivity index (χ0v) is 10.2. The van der Waals surface area contributed by atoms with Crippen molar-refractivity contribution in [2.24, 2.45) is 0 Å². The molecular weight excluding hydrogens is 204 g/mol. The maximum absolute atomic E-state index is 11.4. The lowest BCUT2D eigenvalue weighted by atomic mass is 10.1. The van der Waals surface area contributed by atoms with E-state index in [0.29, 0.717) is 12.2 Å². The Labute approximate surface area is 95.6 Å². The first kappa shape index (κ1) is 12.6. The van der Waals surface area contributed by atoms with E-state index in [-0.39, 0.29) is 5.78 Å². The number of carbonyl (C=O) groups excluding carboxylic acids is 1. The third-order valence-electron chi connectivity index (χ3n) is 2.33. The molecule has 0 saturated heterocycles. The van der Waals surface area contributed by atoms with E-state index in [4.69, 9.17) is 0 Å². The Morgan fingerprint density at radius 1 is 1.62 bits per heavy atom. The molecule has 0 aliphatic carbocycles. The van der Waals surface area contributed by atoms with Gasteiger partial charge in [-0.2, -0.15) is 5.10 Å². The van der Waals surface area contributed by atoms with Crippen LogP contribution in [0, 0.1) is 6.92 Å². The molecule has 0 spiro atoms. The van der Waals surface area contributed by atoms with Crippen LogP contribution in [0.15, 0.2) is 6.08 Å². The molecule has 1 unspecified atom stereocenters. The first-order chi connectivity index (χ1) is 7.47. The second kappa shape index (κ2) is 5.07. The first-order valence-electron chi connectivity index (χ1n) is 5.36. The quantitative estimate of drug-likeness (QED) is 0.790.